The first-order chi connectivity index (χ1) is 11.4. The van der Waals surface area contributed by atoms with Gasteiger partial charge in [-0.2, -0.15) is 0 Å². The van der Waals surface area contributed by atoms with Gasteiger partial charge in [0.25, 0.3) is 0 Å². The van der Waals surface area contributed by atoms with E-state index in [1.807, 2.05) is 0 Å². The Balaban J connectivity index is 2.06. The van der Waals surface area contributed by atoms with E-state index in [1.54, 1.807) is 57.5 Å². The number of anilines is 2. The fourth-order valence-electron chi connectivity index (χ4n) is 2.07. The third kappa shape index (κ3) is 4.46. The molecule has 5 nitrogen and oxygen atoms in total. The molecule has 0 aliphatic heterocycles. The van der Waals surface area contributed by atoms with Gasteiger partial charge in [0.05, 0.1) is 24.9 Å². The number of carbonyl (C=O) groups is 1. The average molecular weight is 369 g/mol. The monoisotopic (exact) mass is 368 g/mol. The van der Waals surface area contributed by atoms with Gasteiger partial charge in [-0.15, -0.1) is 0 Å². The van der Waals surface area contributed by atoms with Gasteiger partial charge >= 0.3 is 0 Å². The smallest absolute Gasteiger partial charge is 0.246 e. The lowest BCUT2D eigenvalue weighted by atomic mass is 10.2. The SMILES string of the molecule is COc1ccc(N[C@H](C)C(=O)Nc2ccc(Cl)cc2Cl)cc1OC. The number of benzene rings is 2. The van der Waals surface area contributed by atoms with Crippen LogP contribution in [0.5, 0.6) is 11.5 Å². The van der Waals surface area contributed by atoms with E-state index in [4.69, 9.17) is 32.7 Å². The van der Waals surface area contributed by atoms with Crippen molar-refractivity contribution in [2.24, 2.45) is 0 Å². The van der Waals surface area contributed by atoms with Crippen LogP contribution in [0.2, 0.25) is 10.0 Å². The third-order valence-electron chi connectivity index (χ3n) is 3.35. The molecular weight excluding hydrogens is 351 g/mol. The summed E-state index contributed by atoms with van der Waals surface area (Å²) in [5.74, 6) is 0.970. The number of nitrogens with one attached hydrogen (secondary N) is 2. The van der Waals surface area contributed by atoms with Gasteiger partial charge in [-0.3, -0.25) is 4.79 Å². The summed E-state index contributed by atoms with van der Waals surface area (Å²) in [5.41, 5.74) is 1.24. The fourth-order valence-corrected chi connectivity index (χ4v) is 2.53. The molecular formula is C17H18Cl2N2O3. The molecule has 0 bridgehead atoms. The minimum atomic E-state index is -0.491. The summed E-state index contributed by atoms with van der Waals surface area (Å²) in [7, 11) is 3.12. The number of hydrogen-bond donors (Lipinski definition) is 2. The summed E-state index contributed by atoms with van der Waals surface area (Å²) in [6.45, 7) is 1.75. The Labute approximate surface area is 150 Å². The fraction of sp³-hybridized carbons (Fsp3) is 0.235. The largest absolute Gasteiger partial charge is 0.493 e. The van der Waals surface area contributed by atoms with Crippen molar-refractivity contribution in [3.8, 4) is 11.5 Å². The zero-order chi connectivity index (χ0) is 17.7. The third-order valence-corrected chi connectivity index (χ3v) is 3.90. The van der Waals surface area contributed by atoms with Gasteiger partial charge in [0.15, 0.2) is 11.5 Å². The molecule has 0 aliphatic carbocycles. The van der Waals surface area contributed by atoms with E-state index in [9.17, 15) is 4.79 Å². The van der Waals surface area contributed by atoms with Crippen LogP contribution in [0.3, 0.4) is 0 Å². The molecule has 0 unspecified atom stereocenters. The predicted octanol–water partition coefficient (Wildman–Crippen LogP) is 4.45. The van der Waals surface area contributed by atoms with Crippen LogP contribution in [-0.4, -0.2) is 26.2 Å². The predicted molar refractivity (Wildman–Crippen MR) is 97.7 cm³/mol. The molecule has 2 N–H and O–H groups in total. The first-order valence-corrected chi connectivity index (χ1v) is 7.94. The molecule has 2 aromatic carbocycles. The molecule has 0 saturated carbocycles. The number of methoxy groups -OCH3 is 2. The van der Waals surface area contributed by atoms with E-state index < -0.39 is 6.04 Å². The highest BCUT2D eigenvalue weighted by molar-refractivity contribution is 6.36. The van der Waals surface area contributed by atoms with Crippen molar-refractivity contribution in [1.29, 1.82) is 0 Å². The molecule has 0 spiro atoms. The van der Waals surface area contributed by atoms with Crippen molar-refractivity contribution < 1.29 is 14.3 Å². The molecule has 128 valence electrons. The Hall–Kier alpha value is -2.11. The Kier molecular flexibility index (Phi) is 6.17. The number of hydrogen-bond acceptors (Lipinski definition) is 4. The Morgan fingerprint density at radius 2 is 1.75 bits per heavy atom. The zero-order valence-electron chi connectivity index (χ0n) is 13.5. The summed E-state index contributed by atoms with van der Waals surface area (Å²) >= 11 is 11.9. The van der Waals surface area contributed by atoms with Gasteiger partial charge in [-0.25, -0.2) is 0 Å². The highest BCUT2D eigenvalue weighted by Crippen LogP contribution is 2.30. The van der Waals surface area contributed by atoms with Crippen molar-refractivity contribution >= 4 is 40.5 Å². The van der Waals surface area contributed by atoms with Crippen molar-refractivity contribution in [3.63, 3.8) is 0 Å². The number of ether oxygens (including phenoxy) is 2. The topological polar surface area (TPSA) is 59.6 Å². The second-order valence-corrected chi connectivity index (χ2v) is 5.89. The molecule has 0 heterocycles. The Bertz CT molecular complexity index is 738. The van der Waals surface area contributed by atoms with E-state index >= 15 is 0 Å². The van der Waals surface area contributed by atoms with Crippen LogP contribution in [0.4, 0.5) is 11.4 Å². The van der Waals surface area contributed by atoms with Crippen molar-refractivity contribution in [3.05, 3.63) is 46.4 Å². The maximum Gasteiger partial charge on any atom is 0.246 e. The number of rotatable bonds is 6. The van der Waals surface area contributed by atoms with Gasteiger partial charge in [-0.1, -0.05) is 23.2 Å². The molecule has 2 aromatic rings. The van der Waals surface area contributed by atoms with Crippen molar-refractivity contribution in [1.82, 2.24) is 0 Å². The van der Waals surface area contributed by atoms with E-state index in [-0.39, 0.29) is 5.91 Å². The van der Waals surface area contributed by atoms with Crippen LogP contribution >= 0.6 is 23.2 Å². The lowest BCUT2D eigenvalue weighted by Gasteiger charge is -2.17. The first kappa shape index (κ1) is 18.2. The highest BCUT2D eigenvalue weighted by atomic mass is 35.5. The maximum absolute atomic E-state index is 12.3. The lowest BCUT2D eigenvalue weighted by molar-refractivity contribution is -0.116. The number of halogens is 2. The standard InChI is InChI=1S/C17H18Cl2N2O3/c1-10(17(22)21-14-6-4-11(18)8-13(14)19)20-12-5-7-15(23-2)16(9-12)24-3/h4-10,20H,1-3H3,(H,21,22)/t10-/m1/s1. The van der Waals surface area contributed by atoms with Crippen molar-refractivity contribution in [2.45, 2.75) is 13.0 Å². The lowest BCUT2D eigenvalue weighted by Crippen LogP contribution is -2.31. The van der Waals surface area contributed by atoms with E-state index in [0.29, 0.717) is 27.2 Å². The van der Waals surface area contributed by atoms with Crippen LogP contribution in [-0.2, 0) is 4.79 Å². The molecule has 0 aliphatic rings. The maximum atomic E-state index is 12.3. The zero-order valence-corrected chi connectivity index (χ0v) is 15.0. The minimum absolute atomic E-state index is 0.228. The second kappa shape index (κ2) is 8.13. The van der Waals surface area contributed by atoms with Gasteiger partial charge in [0, 0.05) is 16.8 Å². The van der Waals surface area contributed by atoms with E-state index in [0.717, 1.165) is 5.69 Å². The van der Waals surface area contributed by atoms with E-state index in [1.165, 1.54) is 0 Å². The molecule has 2 rings (SSSR count). The quantitative estimate of drug-likeness (QED) is 0.790. The molecule has 0 radical (unpaired) electrons. The van der Waals surface area contributed by atoms with Crippen LogP contribution in [0.1, 0.15) is 6.92 Å². The molecule has 0 fully saturated rings. The van der Waals surface area contributed by atoms with Crippen LogP contribution in [0, 0.1) is 0 Å². The van der Waals surface area contributed by atoms with E-state index in [2.05, 4.69) is 10.6 Å². The summed E-state index contributed by atoms with van der Waals surface area (Å²) in [4.78, 5) is 12.3. The van der Waals surface area contributed by atoms with Gasteiger partial charge in [0.2, 0.25) is 5.91 Å². The van der Waals surface area contributed by atoms with Gasteiger partial charge < -0.3 is 20.1 Å². The van der Waals surface area contributed by atoms with Crippen molar-refractivity contribution in [2.75, 3.05) is 24.9 Å². The molecule has 0 aromatic heterocycles. The van der Waals surface area contributed by atoms with Crippen LogP contribution in [0.15, 0.2) is 36.4 Å². The molecule has 1 atom stereocenters. The Morgan fingerprint density at radius 3 is 2.38 bits per heavy atom. The van der Waals surface area contributed by atoms with Gasteiger partial charge in [-0.05, 0) is 37.3 Å². The summed E-state index contributed by atoms with van der Waals surface area (Å²) in [6.07, 6.45) is 0. The molecule has 24 heavy (non-hydrogen) atoms. The highest BCUT2D eigenvalue weighted by Gasteiger charge is 2.15. The number of carbonyl (C=O) groups excluding carboxylic acids is 1. The number of amides is 1. The first-order valence-electron chi connectivity index (χ1n) is 7.19. The summed E-state index contributed by atoms with van der Waals surface area (Å²) in [6, 6.07) is 9.74. The van der Waals surface area contributed by atoms with Crippen LogP contribution < -0.4 is 20.1 Å². The normalized spacial score (nSPS) is 11.5. The molecule has 0 saturated heterocycles. The minimum Gasteiger partial charge on any atom is -0.493 e. The van der Waals surface area contributed by atoms with Gasteiger partial charge in [0.1, 0.15) is 6.04 Å². The summed E-state index contributed by atoms with van der Waals surface area (Å²) in [5, 5.41) is 6.75. The molecule has 7 heteroatoms. The Morgan fingerprint density at radius 1 is 1.04 bits per heavy atom. The molecule has 1 amide bonds. The second-order valence-electron chi connectivity index (χ2n) is 5.05. The average Bonchev–Trinajstić information content (AvgIpc) is 2.57. The van der Waals surface area contributed by atoms with Crippen LogP contribution in [0.25, 0.3) is 0 Å². The summed E-state index contributed by atoms with van der Waals surface area (Å²) < 4.78 is 10.4.